The summed E-state index contributed by atoms with van der Waals surface area (Å²) < 4.78 is 17.1. The lowest BCUT2D eigenvalue weighted by molar-refractivity contribution is 0.191. The van der Waals surface area contributed by atoms with Crippen LogP contribution >= 0.6 is 0 Å². The summed E-state index contributed by atoms with van der Waals surface area (Å²) in [6, 6.07) is 11.3. The van der Waals surface area contributed by atoms with Crippen molar-refractivity contribution in [1.82, 2.24) is 10.3 Å². The van der Waals surface area contributed by atoms with Crippen molar-refractivity contribution in [3.63, 3.8) is 0 Å². The molecule has 1 heterocycles. The highest BCUT2D eigenvalue weighted by molar-refractivity contribution is 5.93. The Morgan fingerprint density at radius 2 is 1.86 bits per heavy atom. The Hall–Kier alpha value is -3.82. The van der Waals surface area contributed by atoms with E-state index >= 15 is 0 Å². The number of benzene rings is 2. The van der Waals surface area contributed by atoms with Crippen LogP contribution in [0.3, 0.4) is 0 Å². The Bertz CT molecular complexity index is 1090. The minimum Gasteiger partial charge on any atom is -0.496 e. The molecule has 2 amide bonds. The lowest BCUT2D eigenvalue weighted by Gasteiger charge is -2.36. The molecule has 0 bridgehead atoms. The van der Waals surface area contributed by atoms with Crippen molar-refractivity contribution in [1.29, 1.82) is 5.41 Å². The molecule has 10 nitrogen and oxygen atoms in total. The average molecular weight is 511 g/mol. The van der Waals surface area contributed by atoms with Crippen molar-refractivity contribution in [3.8, 4) is 17.2 Å². The number of unbranched alkanes of at least 4 members (excludes halogenated alkanes) is 2. The molecular weight excluding hydrogens is 472 g/mol. The maximum absolute atomic E-state index is 13.5. The van der Waals surface area contributed by atoms with Crippen LogP contribution in [-0.4, -0.2) is 57.7 Å². The Morgan fingerprint density at radius 3 is 2.59 bits per heavy atom. The minimum absolute atomic E-state index is 0.0614. The predicted molar refractivity (Wildman–Crippen MR) is 144 cm³/mol. The molecule has 0 unspecified atom stereocenters. The van der Waals surface area contributed by atoms with E-state index in [1.807, 2.05) is 41.3 Å². The number of carbonyl (C=O) groups is 1. The van der Waals surface area contributed by atoms with Gasteiger partial charge in [-0.15, -0.1) is 5.11 Å². The predicted octanol–water partition coefficient (Wildman–Crippen LogP) is 5.21. The molecule has 1 saturated heterocycles. The number of hydrogen-bond acceptors (Lipinski definition) is 6. The van der Waals surface area contributed by atoms with Crippen molar-refractivity contribution in [3.05, 3.63) is 47.5 Å². The Morgan fingerprint density at radius 1 is 1.05 bits per heavy atom. The lowest BCUT2D eigenvalue weighted by atomic mass is 10.1. The number of rotatable bonds is 13. The fourth-order valence-corrected chi connectivity index (χ4v) is 4.22. The van der Waals surface area contributed by atoms with Crippen molar-refractivity contribution in [2.75, 3.05) is 45.9 Å². The molecule has 10 heteroatoms. The highest BCUT2D eigenvalue weighted by Crippen LogP contribution is 2.34. The van der Waals surface area contributed by atoms with Gasteiger partial charge in [-0.05, 0) is 36.6 Å². The maximum Gasteiger partial charge on any atom is 0.324 e. The average Bonchev–Trinajstić information content (AvgIpc) is 2.91. The molecule has 2 N–H and O–H groups in total. The largest absolute Gasteiger partial charge is 0.496 e. The third-order valence-electron chi connectivity index (χ3n) is 6.13. The van der Waals surface area contributed by atoms with Crippen molar-refractivity contribution >= 4 is 17.6 Å². The van der Waals surface area contributed by atoms with Gasteiger partial charge in [-0.3, -0.25) is 15.7 Å². The first-order valence-electron chi connectivity index (χ1n) is 12.7. The van der Waals surface area contributed by atoms with Gasteiger partial charge in [-0.25, -0.2) is 4.79 Å². The molecule has 0 aromatic heterocycles. The highest BCUT2D eigenvalue weighted by atomic mass is 16.5. The van der Waals surface area contributed by atoms with Crippen LogP contribution in [0.15, 0.2) is 46.7 Å². The summed E-state index contributed by atoms with van der Waals surface area (Å²) >= 11 is 0. The van der Waals surface area contributed by atoms with Gasteiger partial charge in [0, 0.05) is 43.9 Å². The van der Waals surface area contributed by atoms with Gasteiger partial charge in [0.15, 0.2) is 11.5 Å². The van der Waals surface area contributed by atoms with E-state index in [0.717, 1.165) is 42.5 Å². The van der Waals surface area contributed by atoms with Crippen LogP contribution in [0.25, 0.3) is 0 Å². The van der Waals surface area contributed by atoms with E-state index in [0.29, 0.717) is 49.9 Å². The zero-order valence-corrected chi connectivity index (χ0v) is 22.2. The molecule has 0 spiro atoms. The summed E-state index contributed by atoms with van der Waals surface area (Å²) in [6.07, 6.45) is 4.38. The van der Waals surface area contributed by atoms with Crippen molar-refractivity contribution in [2.45, 2.75) is 45.6 Å². The number of ether oxygens (including phenoxy) is 3. The normalized spacial score (nSPS) is 13.7. The maximum atomic E-state index is 13.5. The van der Waals surface area contributed by atoms with Crippen LogP contribution < -0.4 is 24.5 Å². The first-order valence-corrected chi connectivity index (χ1v) is 12.7. The number of anilines is 1. The van der Waals surface area contributed by atoms with E-state index in [4.69, 9.17) is 19.6 Å². The quantitative estimate of drug-likeness (QED) is 0.126. The van der Waals surface area contributed by atoms with Crippen molar-refractivity contribution in [2.24, 2.45) is 10.3 Å². The molecule has 3 rings (SSSR count). The van der Waals surface area contributed by atoms with Crippen molar-refractivity contribution < 1.29 is 19.0 Å². The molecule has 1 aliphatic rings. The number of amides is 2. The van der Waals surface area contributed by atoms with Gasteiger partial charge in [0.2, 0.25) is 0 Å². The van der Waals surface area contributed by atoms with Gasteiger partial charge in [-0.1, -0.05) is 37.1 Å². The van der Waals surface area contributed by atoms with Crippen LogP contribution in [0.5, 0.6) is 17.2 Å². The standard InChI is InChI=1S/C27H38N6O4/c1-5-6-7-15-37-25-18-22(11-12-23(25)35-3)33-14-8-13-32(27(33)34)19-21-10-9-20(16-24(21)36-4)17-26(28)30-31-29-2/h9-12,16,18H,5-8,13-15,17,19H2,1-4H3,(H2,28,29,30). The van der Waals surface area contributed by atoms with Crippen LogP contribution in [0.2, 0.25) is 0 Å². The molecule has 200 valence electrons. The summed E-state index contributed by atoms with van der Waals surface area (Å²) in [7, 11) is 4.86. The Balaban J connectivity index is 1.73. The SMILES string of the molecule is CCCCCOc1cc(N2CCCN(Cc3ccc(CC(=N)/N=N\NC)cc3OC)C2=O)ccc1OC. The van der Waals surface area contributed by atoms with E-state index in [9.17, 15) is 4.79 Å². The number of methoxy groups -OCH3 is 2. The monoisotopic (exact) mass is 510 g/mol. The molecule has 2 aromatic carbocycles. The van der Waals surface area contributed by atoms with Crippen LogP contribution in [-0.2, 0) is 13.0 Å². The van der Waals surface area contributed by atoms with Crippen LogP contribution in [0, 0.1) is 5.41 Å². The molecule has 0 aliphatic carbocycles. The lowest BCUT2D eigenvalue weighted by Crippen LogP contribution is -2.49. The number of hydrogen-bond donors (Lipinski definition) is 2. The van der Waals surface area contributed by atoms with Gasteiger partial charge in [0.1, 0.15) is 11.6 Å². The molecule has 1 fully saturated rings. The Kier molecular flexibility index (Phi) is 10.5. The third kappa shape index (κ3) is 7.58. The first-order chi connectivity index (χ1) is 18.0. The minimum atomic E-state index is -0.0614. The van der Waals surface area contributed by atoms with Gasteiger partial charge >= 0.3 is 6.03 Å². The van der Waals surface area contributed by atoms with E-state index in [2.05, 4.69) is 22.7 Å². The van der Waals surface area contributed by atoms with Gasteiger partial charge in [-0.2, -0.15) is 0 Å². The molecule has 2 aromatic rings. The summed E-state index contributed by atoms with van der Waals surface area (Å²) in [4.78, 5) is 17.1. The highest BCUT2D eigenvalue weighted by Gasteiger charge is 2.28. The summed E-state index contributed by atoms with van der Waals surface area (Å²) in [5.74, 6) is 2.12. The van der Waals surface area contributed by atoms with Crippen LogP contribution in [0.4, 0.5) is 10.5 Å². The van der Waals surface area contributed by atoms with E-state index in [1.165, 1.54) is 0 Å². The van der Waals surface area contributed by atoms with Gasteiger partial charge in [0.25, 0.3) is 0 Å². The van der Waals surface area contributed by atoms with E-state index < -0.39 is 0 Å². The molecule has 0 saturated carbocycles. The second kappa shape index (κ2) is 14.1. The third-order valence-corrected chi connectivity index (χ3v) is 6.13. The van der Waals surface area contributed by atoms with E-state index in [-0.39, 0.29) is 11.9 Å². The fraction of sp³-hybridized carbons (Fsp3) is 0.481. The zero-order valence-electron chi connectivity index (χ0n) is 22.2. The summed E-state index contributed by atoms with van der Waals surface area (Å²) in [5.41, 5.74) is 5.12. The number of urea groups is 1. The zero-order chi connectivity index (χ0) is 26.6. The second-order valence-corrected chi connectivity index (χ2v) is 8.79. The molecule has 1 aliphatic heterocycles. The van der Waals surface area contributed by atoms with Crippen LogP contribution in [0.1, 0.15) is 43.7 Å². The van der Waals surface area contributed by atoms with Gasteiger partial charge in [0.05, 0.1) is 27.4 Å². The molecule has 0 atom stereocenters. The summed E-state index contributed by atoms with van der Waals surface area (Å²) in [6.45, 7) is 4.49. The smallest absolute Gasteiger partial charge is 0.324 e. The molecule has 0 radical (unpaired) electrons. The Labute approximate surface area is 219 Å². The molecular formula is C27H38N6O4. The number of amidine groups is 1. The van der Waals surface area contributed by atoms with Gasteiger partial charge < -0.3 is 19.1 Å². The number of nitrogens with one attached hydrogen (secondary N) is 2. The molecule has 37 heavy (non-hydrogen) atoms. The first kappa shape index (κ1) is 27.8. The van der Waals surface area contributed by atoms with E-state index in [1.54, 1.807) is 26.2 Å². The topological polar surface area (TPSA) is 112 Å². The number of carbonyl (C=O) groups excluding carboxylic acids is 1. The number of nitrogens with zero attached hydrogens (tertiary/aromatic N) is 4. The fourth-order valence-electron chi connectivity index (χ4n) is 4.22. The second-order valence-electron chi connectivity index (χ2n) is 8.79. The summed E-state index contributed by atoms with van der Waals surface area (Å²) in [5, 5.41) is 15.3.